The highest BCUT2D eigenvalue weighted by molar-refractivity contribution is 5.83. The van der Waals surface area contributed by atoms with E-state index in [1.165, 1.54) is 0 Å². The number of carbonyl (C=O) groups is 1. The van der Waals surface area contributed by atoms with E-state index in [0.29, 0.717) is 24.3 Å². The van der Waals surface area contributed by atoms with E-state index in [1.807, 2.05) is 11.9 Å². The fourth-order valence-corrected chi connectivity index (χ4v) is 1.52. The van der Waals surface area contributed by atoms with Crippen LogP contribution in [-0.2, 0) is 13.1 Å². The van der Waals surface area contributed by atoms with Crippen molar-refractivity contribution in [1.29, 1.82) is 0 Å². The summed E-state index contributed by atoms with van der Waals surface area (Å²) in [6, 6.07) is 0. The smallest absolute Gasteiger partial charge is 0.372 e. The molecule has 0 unspecified atom stereocenters. The Labute approximate surface area is 79.2 Å². The molecule has 0 aromatic carbocycles. The predicted molar refractivity (Wildman–Crippen MR) is 47.0 cm³/mol. The van der Waals surface area contributed by atoms with Gasteiger partial charge in [0, 0.05) is 13.1 Å². The van der Waals surface area contributed by atoms with Gasteiger partial charge in [0.2, 0.25) is 5.82 Å². The first-order valence-corrected chi connectivity index (χ1v) is 4.12. The molecule has 0 bridgehead atoms. The van der Waals surface area contributed by atoms with Crippen LogP contribution in [0, 0.1) is 0 Å². The number of nitrogens with zero attached hydrogens (tertiary/aromatic N) is 2. The lowest BCUT2D eigenvalue weighted by Gasteiger charge is -2.01. The first-order chi connectivity index (χ1) is 6.58. The van der Waals surface area contributed by atoms with Crippen LogP contribution in [0.15, 0.2) is 4.79 Å². The fraction of sp³-hybridized carbons (Fsp3) is 0.375. The molecule has 2 N–H and O–H groups in total. The van der Waals surface area contributed by atoms with Gasteiger partial charge in [-0.2, -0.15) is 0 Å². The van der Waals surface area contributed by atoms with Crippen LogP contribution in [0.5, 0.6) is 0 Å². The van der Waals surface area contributed by atoms with Crippen molar-refractivity contribution in [1.82, 2.24) is 14.9 Å². The van der Waals surface area contributed by atoms with Crippen molar-refractivity contribution >= 4 is 5.97 Å². The quantitative estimate of drug-likeness (QED) is 0.625. The minimum atomic E-state index is -1.21. The molecule has 1 aromatic rings. The second kappa shape index (κ2) is 2.91. The molecule has 2 heterocycles. The van der Waals surface area contributed by atoms with Crippen molar-refractivity contribution in [3.8, 4) is 0 Å². The highest BCUT2D eigenvalue weighted by atomic mass is 16.4. The Morgan fingerprint density at radius 2 is 2.29 bits per heavy atom. The standard InChI is InChI=1S/C8H9N3O3/c1-11-2-4-5(3-11)9-6(8(13)14)10-7(4)12/h2-3H2,1H3,(H,13,14)(H,9,10,12). The molecule has 74 valence electrons. The first-order valence-electron chi connectivity index (χ1n) is 4.12. The van der Waals surface area contributed by atoms with Crippen LogP contribution in [0.25, 0.3) is 0 Å². The number of hydrogen-bond donors (Lipinski definition) is 2. The molecule has 1 aromatic heterocycles. The summed E-state index contributed by atoms with van der Waals surface area (Å²) in [5, 5.41) is 8.66. The second-order valence-electron chi connectivity index (χ2n) is 3.32. The number of nitrogens with one attached hydrogen (secondary N) is 1. The SMILES string of the molecule is CN1Cc2nc(C(=O)O)[nH]c(=O)c2C1. The van der Waals surface area contributed by atoms with E-state index in [2.05, 4.69) is 9.97 Å². The van der Waals surface area contributed by atoms with Crippen LogP contribution in [0.4, 0.5) is 0 Å². The Morgan fingerprint density at radius 1 is 1.57 bits per heavy atom. The number of aromatic carboxylic acids is 1. The fourth-order valence-electron chi connectivity index (χ4n) is 1.52. The Morgan fingerprint density at radius 3 is 2.93 bits per heavy atom. The maximum Gasteiger partial charge on any atom is 0.372 e. The Kier molecular flexibility index (Phi) is 1.85. The van der Waals surface area contributed by atoms with Crippen molar-refractivity contribution in [2.24, 2.45) is 0 Å². The molecule has 0 saturated heterocycles. The molecule has 0 fully saturated rings. The third-order valence-electron chi connectivity index (χ3n) is 2.15. The van der Waals surface area contributed by atoms with E-state index in [0.717, 1.165) is 0 Å². The molecule has 0 radical (unpaired) electrons. The Bertz CT molecular complexity index is 452. The van der Waals surface area contributed by atoms with Gasteiger partial charge < -0.3 is 10.1 Å². The third kappa shape index (κ3) is 1.29. The summed E-state index contributed by atoms with van der Waals surface area (Å²) in [5.41, 5.74) is 0.780. The van der Waals surface area contributed by atoms with Crippen molar-refractivity contribution in [2.45, 2.75) is 13.1 Å². The molecule has 0 saturated carbocycles. The molecule has 0 aliphatic carbocycles. The molecule has 14 heavy (non-hydrogen) atoms. The van der Waals surface area contributed by atoms with Crippen LogP contribution in [0.3, 0.4) is 0 Å². The van der Waals surface area contributed by atoms with Gasteiger partial charge >= 0.3 is 5.97 Å². The van der Waals surface area contributed by atoms with Gasteiger partial charge in [-0.05, 0) is 7.05 Å². The van der Waals surface area contributed by atoms with Gasteiger partial charge in [0.15, 0.2) is 0 Å². The van der Waals surface area contributed by atoms with Gasteiger partial charge in [-0.25, -0.2) is 9.78 Å². The molecule has 6 nitrogen and oxygen atoms in total. The highest BCUT2D eigenvalue weighted by Gasteiger charge is 2.22. The zero-order valence-corrected chi connectivity index (χ0v) is 7.57. The van der Waals surface area contributed by atoms with Gasteiger partial charge in [-0.1, -0.05) is 0 Å². The molecular formula is C8H9N3O3. The molecular weight excluding hydrogens is 186 g/mol. The van der Waals surface area contributed by atoms with Crippen LogP contribution in [0.1, 0.15) is 21.9 Å². The Hall–Kier alpha value is -1.69. The van der Waals surface area contributed by atoms with Crippen LogP contribution in [-0.4, -0.2) is 33.0 Å². The van der Waals surface area contributed by atoms with Crippen molar-refractivity contribution in [3.63, 3.8) is 0 Å². The molecule has 2 rings (SSSR count). The molecule has 0 atom stereocenters. The topological polar surface area (TPSA) is 86.3 Å². The van der Waals surface area contributed by atoms with Crippen molar-refractivity contribution in [3.05, 3.63) is 27.4 Å². The largest absolute Gasteiger partial charge is 0.475 e. The minimum Gasteiger partial charge on any atom is -0.475 e. The zero-order chi connectivity index (χ0) is 10.3. The number of rotatable bonds is 1. The van der Waals surface area contributed by atoms with E-state index in [9.17, 15) is 9.59 Å². The monoisotopic (exact) mass is 195 g/mol. The summed E-state index contributed by atoms with van der Waals surface area (Å²) >= 11 is 0. The summed E-state index contributed by atoms with van der Waals surface area (Å²) in [6.45, 7) is 1.05. The number of aromatic amines is 1. The molecule has 0 spiro atoms. The van der Waals surface area contributed by atoms with E-state index >= 15 is 0 Å². The van der Waals surface area contributed by atoms with Gasteiger partial charge in [0.25, 0.3) is 5.56 Å². The average Bonchev–Trinajstić information content (AvgIpc) is 2.45. The summed E-state index contributed by atoms with van der Waals surface area (Å²) < 4.78 is 0. The molecule has 1 aliphatic heterocycles. The minimum absolute atomic E-state index is 0.288. The lowest BCUT2D eigenvalue weighted by molar-refractivity contribution is 0.0682. The Balaban J connectivity index is 2.57. The van der Waals surface area contributed by atoms with Gasteiger partial charge in [-0.15, -0.1) is 0 Å². The van der Waals surface area contributed by atoms with Crippen LogP contribution in [0.2, 0.25) is 0 Å². The number of carboxylic acid groups (broad SMARTS) is 1. The van der Waals surface area contributed by atoms with E-state index in [4.69, 9.17) is 5.11 Å². The summed E-state index contributed by atoms with van der Waals surface area (Å²) in [4.78, 5) is 30.0. The zero-order valence-electron chi connectivity index (χ0n) is 7.57. The lowest BCUT2D eigenvalue weighted by Crippen LogP contribution is -2.20. The van der Waals surface area contributed by atoms with Gasteiger partial charge in [0.05, 0.1) is 11.3 Å². The first kappa shape index (κ1) is 8.89. The molecule has 6 heteroatoms. The average molecular weight is 195 g/mol. The second-order valence-corrected chi connectivity index (χ2v) is 3.32. The number of aromatic nitrogens is 2. The maximum absolute atomic E-state index is 11.4. The summed E-state index contributed by atoms with van der Waals surface area (Å²) in [6.07, 6.45) is 0. The number of carboxylic acids is 1. The predicted octanol–water partition coefficient (Wildman–Crippen LogP) is -0.587. The molecule has 1 aliphatic rings. The summed E-state index contributed by atoms with van der Waals surface area (Å²) in [5.74, 6) is -1.50. The lowest BCUT2D eigenvalue weighted by atomic mass is 10.3. The van der Waals surface area contributed by atoms with Crippen molar-refractivity contribution in [2.75, 3.05) is 7.05 Å². The van der Waals surface area contributed by atoms with E-state index < -0.39 is 5.97 Å². The normalized spacial score (nSPS) is 15.5. The van der Waals surface area contributed by atoms with Gasteiger partial charge in [0.1, 0.15) is 0 Å². The van der Waals surface area contributed by atoms with Crippen LogP contribution < -0.4 is 5.56 Å². The molecule has 0 amide bonds. The number of fused-ring (bicyclic) bond motifs is 1. The highest BCUT2D eigenvalue weighted by Crippen LogP contribution is 2.14. The van der Waals surface area contributed by atoms with Gasteiger partial charge in [-0.3, -0.25) is 9.69 Å². The van der Waals surface area contributed by atoms with E-state index in [1.54, 1.807) is 0 Å². The van der Waals surface area contributed by atoms with E-state index in [-0.39, 0.29) is 11.4 Å². The number of hydrogen-bond acceptors (Lipinski definition) is 4. The van der Waals surface area contributed by atoms with Crippen LogP contribution >= 0.6 is 0 Å². The van der Waals surface area contributed by atoms with Crippen molar-refractivity contribution < 1.29 is 9.90 Å². The maximum atomic E-state index is 11.4. The summed E-state index contributed by atoms with van der Waals surface area (Å²) in [7, 11) is 1.85. The third-order valence-corrected chi connectivity index (χ3v) is 2.15. The number of H-pyrrole nitrogens is 1.